The van der Waals surface area contributed by atoms with Crippen LogP contribution in [0.4, 0.5) is 5.13 Å². The van der Waals surface area contributed by atoms with Crippen molar-refractivity contribution in [3.63, 3.8) is 0 Å². The quantitative estimate of drug-likeness (QED) is 0.833. The highest BCUT2D eigenvalue weighted by atomic mass is 32.1. The summed E-state index contributed by atoms with van der Waals surface area (Å²) in [5, 5.41) is 4.18. The number of nitrogens with one attached hydrogen (secondary N) is 1. The SMILES string of the molecule is CCNc1ncc(Cn2ccnc2)s1. The van der Waals surface area contributed by atoms with Crippen molar-refractivity contribution in [2.45, 2.75) is 13.5 Å². The van der Waals surface area contributed by atoms with Gasteiger partial charge in [-0.05, 0) is 6.92 Å². The zero-order chi connectivity index (χ0) is 9.80. The Bertz CT molecular complexity index is 379. The summed E-state index contributed by atoms with van der Waals surface area (Å²) in [4.78, 5) is 9.49. The van der Waals surface area contributed by atoms with Crippen LogP contribution >= 0.6 is 11.3 Å². The van der Waals surface area contributed by atoms with Crippen molar-refractivity contribution in [3.05, 3.63) is 29.8 Å². The van der Waals surface area contributed by atoms with Gasteiger partial charge in [0.25, 0.3) is 0 Å². The normalized spacial score (nSPS) is 10.4. The summed E-state index contributed by atoms with van der Waals surface area (Å²) in [5.41, 5.74) is 0. The number of hydrogen-bond acceptors (Lipinski definition) is 4. The molecule has 1 N–H and O–H groups in total. The van der Waals surface area contributed by atoms with Crippen LogP contribution < -0.4 is 5.32 Å². The first kappa shape index (κ1) is 9.21. The number of hydrogen-bond donors (Lipinski definition) is 1. The second kappa shape index (κ2) is 4.23. The van der Waals surface area contributed by atoms with E-state index in [2.05, 4.69) is 22.2 Å². The minimum absolute atomic E-state index is 0.850. The van der Waals surface area contributed by atoms with E-state index in [1.807, 2.05) is 23.3 Å². The van der Waals surface area contributed by atoms with E-state index in [4.69, 9.17) is 0 Å². The van der Waals surface area contributed by atoms with Gasteiger partial charge in [0.15, 0.2) is 5.13 Å². The summed E-state index contributed by atoms with van der Waals surface area (Å²) in [6.45, 7) is 3.83. The van der Waals surface area contributed by atoms with Crippen LogP contribution in [0.25, 0.3) is 0 Å². The van der Waals surface area contributed by atoms with E-state index < -0.39 is 0 Å². The molecule has 2 aromatic rings. The summed E-state index contributed by atoms with van der Waals surface area (Å²) < 4.78 is 2.03. The van der Waals surface area contributed by atoms with E-state index in [9.17, 15) is 0 Å². The van der Waals surface area contributed by atoms with Crippen LogP contribution in [0.15, 0.2) is 24.9 Å². The first-order valence-electron chi connectivity index (χ1n) is 4.53. The van der Waals surface area contributed by atoms with Crippen LogP contribution in [0, 0.1) is 0 Å². The molecule has 4 nitrogen and oxygen atoms in total. The van der Waals surface area contributed by atoms with Gasteiger partial charge in [-0.25, -0.2) is 9.97 Å². The molecule has 0 unspecified atom stereocenters. The lowest BCUT2D eigenvalue weighted by molar-refractivity contribution is 0.808. The monoisotopic (exact) mass is 208 g/mol. The first-order chi connectivity index (χ1) is 6.88. The van der Waals surface area contributed by atoms with E-state index in [0.29, 0.717) is 0 Å². The Morgan fingerprint density at radius 1 is 1.57 bits per heavy atom. The van der Waals surface area contributed by atoms with Gasteiger partial charge in [-0.2, -0.15) is 0 Å². The van der Waals surface area contributed by atoms with Gasteiger partial charge in [-0.3, -0.25) is 0 Å². The molecule has 0 amide bonds. The van der Waals surface area contributed by atoms with E-state index in [0.717, 1.165) is 18.2 Å². The molecule has 2 rings (SSSR count). The Hall–Kier alpha value is -1.36. The van der Waals surface area contributed by atoms with E-state index in [1.165, 1.54) is 4.88 Å². The third kappa shape index (κ3) is 2.11. The van der Waals surface area contributed by atoms with Crippen LogP contribution in [0.2, 0.25) is 0 Å². The van der Waals surface area contributed by atoms with Gasteiger partial charge in [0.1, 0.15) is 0 Å². The Labute approximate surface area is 86.6 Å². The molecule has 5 heteroatoms. The van der Waals surface area contributed by atoms with Gasteiger partial charge in [0, 0.05) is 30.0 Å². The topological polar surface area (TPSA) is 42.7 Å². The highest BCUT2D eigenvalue weighted by molar-refractivity contribution is 7.15. The molecule has 14 heavy (non-hydrogen) atoms. The largest absolute Gasteiger partial charge is 0.362 e. The minimum Gasteiger partial charge on any atom is -0.362 e. The zero-order valence-corrected chi connectivity index (χ0v) is 8.79. The third-order valence-electron chi connectivity index (χ3n) is 1.78. The standard InChI is InChI=1S/C9H12N4S/c1-2-11-9-12-5-8(14-9)6-13-4-3-10-7-13/h3-5,7H,2,6H2,1H3,(H,11,12). The van der Waals surface area contributed by atoms with Gasteiger partial charge < -0.3 is 9.88 Å². The predicted octanol–water partition coefficient (Wildman–Crippen LogP) is 1.82. The van der Waals surface area contributed by atoms with Crippen LogP contribution in [0.5, 0.6) is 0 Å². The van der Waals surface area contributed by atoms with Crippen LogP contribution in [0.3, 0.4) is 0 Å². The molecule has 0 aliphatic carbocycles. The van der Waals surface area contributed by atoms with E-state index in [1.54, 1.807) is 17.5 Å². The molecule has 0 saturated heterocycles. The molecule has 74 valence electrons. The van der Waals surface area contributed by atoms with Crippen molar-refractivity contribution in [1.82, 2.24) is 14.5 Å². The highest BCUT2D eigenvalue weighted by Crippen LogP contribution is 2.18. The lowest BCUT2D eigenvalue weighted by Gasteiger charge is -1.96. The fourth-order valence-electron chi connectivity index (χ4n) is 1.17. The average molecular weight is 208 g/mol. The van der Waals surface area contributed by atoms with Gasteiger partial charge in [0.05, 0.1) is 12.9 Å². The molecule has 0 radical (unpaired) electrons. The molecule has 0 saturated carbocycles. The first-order valence-corrected chi connectivity index (χ1v) is 5.34. The smallest absolute Gasteiger partial charge is 0.182 e. The molecule has 0 fully saturated rings. The summed E-state index contributed by atoms with van der Waals surface area (Å²) in [5.74, 6) is 0. The third-order valence-corrected chi connectivity index (χ3v) is 2.72. The molecular formula is C9H12N4S. The van der Waals surface area contributed by atoms with E-state index in [-0.39, 0.29) is 0 Å². The summed E-state index contributed by atoms with van der Waals surface area (Å²) in [6.07, 6.45) is 7.45. The predicted molar refractivity (Wildman–Crippen MR) is 57.6 cm³/mol. The highest BCUT2D eigenvalue weighted by Gasteiger charge is 2.00. The zero-order valence-electron chi connectivity index (χ0n) is 7.97. The maximum Gasteiger partial charge on any atom is 0.182 e. The van der Waals surface area contributed by atoms with Crippen molar-refractivity contribution < 1.29 is 0 Å². The second-order valence-corrected chi connectivity index (χ2v) is 4.01. The molecule has 0 bridgehead atoms. The minimum atomic E-state index is 0.850. The van der Waals surface area contributed by atoms with Gasteiger partial charge >= 0.3 is 0 Å². The molecule has 2 aromatic heterocycles. The van der Waals surface area contributed by atoms with Crippen LogP contribution in [-0.2, 0) is 6.54 Å². The van der Waals surface area contributed by atoms with Gasteiger partial charge in [-0.15, -0.1) is 11.3 Å². The Kier molecular flexibility index (Phi) is 2.78. The summed E-state index contributed by atoms with van der Waals surface area (Å²) >= 11 is 1.68. The Morgan fingerprint density at radius 3 is 3.21 bits per heavy atom. The molecule has 0 aliphatic rings. The van der Waals surface area contributed by atoms with Crippen LogP contribution in [0.1, 0.15) is 11.8 Å². The maximum atomic E-state index is 4.26. The molecule has 0 aliphatic heterocycles. The Morgan fingerprint density at radius 2 is 2.50 bits per heavy atom. The number of nitrogens with zero attached hydrogens (tertiary/aromatic N) is 3. The molecular weight excluding hydrogens is 196 g/mol. The van der Waals surface area contributed by atoms with Crippen molar-refractivity contribution in [2.75, 3.05) is 11.9 Å². The lowest BCUT2D eigenvalue weighted by atomic mass is 10.5. The molecule has 0 aromatic carbocycles. The number of thiazole rings is 1. The second-order valence-electron chi connectivity index (χ2n) is 2.90. The number of rotatable bonds is 4. The number of imidazole rings is 1. The number of aromatic nitrogens is 3. The molecule has 0 atom stereocenters. The van der Waals surface area contributed by atoms with E-state index >= 15 is 0 Å². The Balaban J connectivity index is 2.03. The van der Waals surface area contributed by atoms with Crippen LogP contribution in [-0.4, -0.2) is 21.1 Å². The summed E-state index contributed by atoms with van der Waals surface area (Å²) in [7, 11) is 0. The lowest BCUT2D eigenvalue weighted by Crippen LogP contribution is -1.94. The van der Waals surface area contributed by atoms with Crippen molar-refractivity contribution in [3.8, 4) is 0 Å². The van der Waals surface area contributed by atoms with Crippen molar-refractivity contribution in [2.24, 2.45) is 0 Å². The molecule has 0 spiro atoms. The molecule has 2 heterocycles. The van der Waals surface area contributed by atoms with Gasteiger partial charge in [-0.1, -0.05) is 0 Å². The average Bonchev–Trinajstić information content (AvgIpc) is 2.79. The fourth-order valence-corrected chi connectivity index (χ4v) is 2.06. The summed E-state index contributed by atoms with van der Waals surface area (Å²) in [6, 6.07) is 0. The maximum absolute atomic E-state index is 4.26. The van der Waals surface area contributed by atoms with Crippen molar-refractivity contribution in [1.29, 1.82) is 0 Å². The van der Waals surface area contributed by atoms with Crippen molar-refractivity contribution >= 4 is 16.5 Å². The van der Waals surface area contributed by atoms with Gasteiger partial charge in [0.2, 0.25) is 0 Å². The number of anilines is 1. The fraction of sp³-hybridized carbons (Fsp3) is 0.333.